The molecular weight excluding hydrogens is 412 g/mol. The maximum absolute atomic E-state index is 11.9. The monoisotopic (exact) mass is 434 g/mol. The van der Waals surface area contributed by atoms with E-state index in [-0.39, 0.29) is 5.70 Å². The van der Waals surface area contributed by atoms with Crippen LogP contribution in [0.5, 0.6) is 0 Å². The zero-order valence-corrected chi connectivity index (χ0v) is 17.3. The Balaban J connectivity index is 1.38. The molecular formula is C20H22N10O2. The number of aromatic nitrogens is 6. The van der Waals surface area contributed by atoms with Crippen molar-refractivity contribution < 1.29 is 9.59 Å². The van der Waals surface area contributed by atoms with Gasteiger partial charge >= 0.3 is 6.03 Å². The maximum atomic E-state index is 11.9. The molecule has 0 unspecified atom stereocenters. The Morgan fingerprint density at radius 3 is 2.75 bits per heavy atom. The summed E-state index contributed by atoms with van der Waals surface area (Å²) in [6.07, 6.45) is 11.5. The molecule has 0 radical (unpaired) electrons. The molecule has 3 N–H and O–H groups in total. The number of amides is 3. The molecule has 0 bridgehead atoms. The predicted octanol–water partition coefficient (Wildman–Crippen LogP) is 0.660. The lowest BCUT2D eigenvalue weighted by molar-refractivity contribution is -0.115. The van der Waals surface area contributed by atoms with E-state index in [9.17, 15) is 9.59 Å². The fraction of sp³-hybridized carbons (Fsp3) is 0.400. The lowest BCUT2D eigenvalue weighted by atomic mass is 10.2. The molecule has 1 saturated carbocycles. The molecule has 2 saturated heterocycles. The summed E-state index contributed by atoms with van der Waals surface area (Å²) >= 11 is 0. The van der Waals surface area contributed by atoms with Gasteiger partial charge in [0.2, 0.25) is 11.9 Å². The minimum absolute atomic E-state index is 0.150. The highest BCUT2D eigenvalue weighted by molar-refractivity contribution is 6.14. The third-order valence-corrected chi connectivity index (χ3v) is 5.77. The summed E-state index contributed by atoms with van der Waals surface area (Å²) in [6, 6.07) is -0.187. The number of likely N-dealkylation sites (tertiary alicyclic amines) is 1. The van der Waals surface area contributed by atoms with Crippen LogP contribution < -0.4 is 16.0 Å². The second-order valence-electron chi connectivity index (χ2n) is 8.32. The Kier molecular flexibility index (Phi) is 4.38. The molecule has 0 spiro atoms. The topological polar surface area (TPSA) is 134 Å². The van der Waals surface area contributed by atoms with Crippen molar-refractivity contribution in [2.24, 2.45) is 0 Å². The number of imide groups is 1. The first-order valence-electron chi connectivity index (χ1n) is 10.7. The molecule has 6 rings (SSSR count). The van der Waals surface area contributed by atoms with Crippen LogP contribution in [-0.4, -0.2) is 65.1 Å². The molecule has 32 heavy (non-hydrogen) atoms. The van der Waals surface area contributed by atoms with E-state index in [2.05, 4.69) is 35.9 Å². The van der Waals surface area contributed by atoms with Crippen LogP contribution in [0, 0.1) is 0 Å². The number of rotatable bonds is 6. The van der Waals surface area contributed by atoms with Crippen LogP contribution in [0.1, 0.15) is 36.9 Å². The Labute approximate surface area is 182 Å². The molecule has 3 aromatic rings. The highest BCUT2D eigenvalue weighted by Crippen LogP contribution is 2.25. The van der Waals surface area contributed by atoms with Gasteiger partial charge in [0.25, 0.3) is 5.91 Å². The van der Waals surface area contributed by atoms with Gasteiger partial charge in [0, 0.05) is 24.3 Å². The molecule has 0 atom stereocenters. The molecule has 3 fully saturated rings. The second kappa shape index (κ2) is 7.41. The van der Waals surface area contributed by atoms with Crippen LogP contribution >= 0.6 is 0 Å². The summed E-state index contributed by atoms with van der Waals surface area (Å²) in [4.78, 5) is 39.7. The predicted molar refractivity (Wildman–Crippen MR) is 114 cm³/mol. The van der Waals surface area contributed by atoms with E-state index in [0.717, 1.165) is 38.2 Å². The van der Waals surface area contributed by atoms with Crippen molar-refractivity contribution in [1.82, 2.24) is 44.7 Å². The number of anilines is 1. The van der Waals surface area contributed by atoms with E-state index >= 15 is 0 Å². The van der Waals surface area contributed by atoms with Crippen LogP contribution in [0.4, 0.5) is 10.7 Å². The van der Waals surface area contributed by atoms with Gasteiger partial charge in [0.05, 0.1) is 11.9 Å². The maximum Gasteiger partial charge on any atom is 0.326 e. The lowest BCUT2D eigenvalue weighted by Gasteiger charge is -2.11. The molecule has 164 valence electrons. The molecule has 1 aliphatic carbocycles. The van der Waals surface area contributed by atoms with Gasteiger partial charge < -0.3 is 10.6 Å². The van der Waals surface area contributed by atoms with Crippen molar-refractivity contribution in [2.75, 3.05) is 18.4 Å². The number of carbonyl (C=O) groups excluding carboxylic acids is 2. The van der Waals surface area contributed by atoms with Crippen molar-refractivity contribution in [3.8, 4) is 5.95 Å². The molecule has 12 heteroatoms. The third-order valence-electron chi connectivity index (χ3n) is 5.77. The number of hydrogen-bond donors (Lipinski definition) is 3. The van der Waals surface area contributed by atoms with Gasteiger partial charge in [-0.3, -0.25) is 19.6 Å². The fourth-order valence-corrected chi connectivity index (χ4v) is 3.97. The zero-order valence-electron chi connectivity index (χ0n) is 17.3. The number of fused-ring (bicyclic) bond motifs is 1. The van der Waals surface area contributed by atoms with Crippen LogP contribution in [0.25, 0.3) is 17.7 Å². The van der Waals surface area contributed by atoms with Crippen molar-refractivity contribution >= 4 is 29.6 Å². The zero-order chi connectivity index (χ0) is 21.7. The Morgan fingerprint density at radius 1 is 1.16 bits per heavy atom. The van der Waals surface area contributed by atoms with E-state index in [1.807, 2.05) is 6.20 Å². The Bertz CT molecular complexity index is 1250. The first-order valence-corrected chi connectivity index (χ1v) is 10.7. The van der Waals surface area contributed by atoms with E-state index in [1.54, 1.807) is 27.7 Å². The fourth-order valence-electron chi connectivity index (χ4n) is 3.97. The van der Waals surface area contributed by atoms with Gasteiger partial charge in [-0.1, -0.05) is 0 Å². The Hall–Kier alpha value is -3.80. The normalized spacial score (nSPS) is 20.3. The van der Waals surface area contributed by atoms with Crippen LogP contribution in [-0.2, 0) is 11.3 Å². The number of hydrogen-bond acceptors (Lipinski definition) is 8. The highest BCUT2D eigenvalue weighted by Gasteiger charge is 2.26. The first kappa shape index (κ1) is 18.9. The van der Waals surface area contributed by atoms with Gasteiger partial charge in [-0.15, -0.1) is 0 Å². The molecule has 0 aromatic carbocycles. The Morgan fingerprint density at radius 2 is 2.00 bits per heavy atom. The number of carbonyl (C=O) groups is 2. The summed E-state index contributed by atoms with van der Waals surface area (Å²) in [5.74, 6) is 0.550. The third kappa shape index (κ3) is 3.58. The summed E-state index contributed by atoms with van der Waals surface area (Å²) in [5.41, 5.74) is 2.23. The smallest absolute Gasteiger partial charge is 0.326 e. The summed E-state index contributed by atoms with van der Waals surface area (Å²) in [5, 5.41) is 12.5. The van der Waals surface area contributed by atoms with E-state index < -0.39 is 11.9 Å². The van der Waals surface area contributed by atoms with Crippen molar-refractivity contribution in [3.63, 3.8) is 0 Å². The summed E-state index contributed by atoms with van der Waals surface area (Å²) in [7, 11) is 0. The standard InChI is InChI=1S/C20H22N10O2/c31-17-15(24-20(32)26-17)7-12-8-22-30-16(12)25-18(27-19(30)23-13-3-4-13)29-10-14(21-11-29)9-28-5-1-2-6-28/h7-8,10-11,13H,1-6,9H2,(H,23,25,27)(H2,24,26,31,32)/b15-7+. The van der Waals surface area contributed by atoms with E-state index in [4.69, 9.17) is 4.98 Å². The van der Waals surface area contributed by atoms with Crippen LogP contribution in [0.3, 0.4) is 0 Å². The first-order chi connectivity index (χ1) is 15.6. The number of nitrogens with one attached hydrogen (secondary N) is 3. The van der Waals surface area contributed by atoms with E-state index in [1.165, 1.54) is 12.8 Å². The van der Waals surface area contributed by atoms with Gasteiger partial charge in [-0.05, 0) is 44.8 Å². The molecule has 5 heterocycles. The largest absolute Gasteiger partial charge is 0.351 e. The SMILES string of the molecule is O=C1NC(=O)/C(=C\c2cnn3c(NC4CC4)nc(-n4cnc(CN5CCCC5)c4)nc23)N1. The van der Waals surface area contributed by atoms with E-state index in [0.29, 0.717) is 29.1 Å². The average Bonchev–Trinajstić information content (AvgIpc) is 3.17. The van der Waals surface area contributed by atoms with Crippen LogP contribution in [0.15, 0.2) is 24.4 Å². The van der Waals surface area contributed by atoms with Crippen molar-refractivity contribution in [3.05, 3.63) is 35.7 Å². The van der Waals surface area contributed by atoms with Crippen molar-refractivity contribution in [1.29, 1.82) is 0 Å². The summed E-state index contributed by atoms with van der Waals surface area (Å²) in [6.45, 7) is 3.01. The number of urea groups is 1. The summed E-state index contributed by atoms with van der Waals surface area (Å²) < 4.78 is 3.42. The highest BCUT2D eigenvalue weighted by atomic mass is 16.2. The van der Waals surface area contributed by atoms with Crippen LogP contribution in [0.2, 0.25) is 0 Å². The van der Waals surface area contributed by atoms with Gasteiger partial charge in [-0.25, -0.2) is 9.78 Å². The molecule has 2 aliphatic heterocycles. The lowest BCUT2D eigenvalue weighted by Crippen LogP contribution is -2.22. The van der Waals surface area contributed by atoms with Crippen molar-refractivity contribution in [2.45, 2.75) is 38.3 Å². The minimum Gasteiger partial charge on any atom is -0.351 e. The second-order valence-corrected chi connectivity index (χ2v) is 8.32. The van der Waals surface area contributed by atoms with Gasteiger partial charge in [-0.2, -0.15) is 19.6 Å². The number of nitrogens with zero attached hydrogens (tertiary/aromatic N) is 7. The van der Waals surface area contributed by atoms with Gasteiger partial charge in [0.15, 0.2) is 5.65 Å². The molecule has 3 aromatic heterocycles. The van der Waals surface area contributed by atoms with Gasteiger partial charge in [0.1, 0.15) is 12.0 Å². The molecule has 3 amide bonds. The number of imidazole rings is 1. The average molecular weight is 434 g/mol. The quantitative estimate of drug-likeness (QED) is 0.381. The molecule has 12 nitrogen and oxygen atoms in total. The molecule has 3 aliphatic rings. The minimum atomic E-state index is -0.548.